The van der Waals surface area contributed by atoms with Crippen molar-refractivity contribution in [2.24, 2.45) is 0 Å². The number of hydrogen-bond donors (Lipinski definition) is 3. The molecule has 0 radical (unpaired) electrons. The Morgan fingerprint density at radius 3 is 2.93 bits per heavy atom. The van der Waals surface area contributed by atoms with Crippen LogP contribution in [-0.4, -0.2) is 18.7 Å². The largest absolute Gasteiger partial charge is 0.398 e. The average molecular weight is 190 g/mol. The van der Waals surface area contributed by atoms with Crippen LogP contribution in [0.3, 0.4) is 0 Å². The Kier molecular flexibility index (Phi) is 3.99. The number of benzene rings is 1. The number of nitrogens with two attached hydrogens (primary N) is 1. The summed E-state index contributed by atoms with van der Waals surface area (Å²) < 4.78 is 0. The van der Waals surface area contributed by atoms with Crippen molar-refractivity contribution in [2.75, 3.05) is 19.3 Å². The first-order chi connectivity index (χ1) is 6.77. The molecule has 0 unspecified atom stereocenters. The molecule has 0 aromatic heterocycles. The maximum atomic E-state index is 8.97. The van der Waals surface area contributed by atoms with Gasteiger partial charge >= 0.3 is 0 Å². The minimum absolute atomic E-state index is 0.0482. The molecule has 0 fully saturated rings. The van der Waals surface area contributed by atoms with Crippen molar-refractivity contribution in [3.63, 3.8) is 0 Å². The third kappa shape index (κ3) is 2.77. The Balaban J connectivity index is 2.86. The van der Waals surface area contributed by atoms with Gasteiger partial charge in [0.05, 0.1) is 13.2 Å². The Morgan fingerprint density at radius 2 is 2.29 bits per heavy atom. The van der Waals surface area contributed by atoms with Gasteiger partial charge in [0.2, 0.25) is 0 Å². The molecule has 0 atom stereocenters. The molecule has 0 spiro atoms. The summed E-state index contributed by atoms with van der Waals surface area (Å²) in [7, 11) is 1.84. The fourth-order valence-corrected chi connectivity index (χ4v) is 1.06. The smallest absolute Gasteiger partial charge is 0.0702 e. The van der Waals surface area contributed by atoms with E-state index in [1.165, 1.54) is 0 Å². The summed E-state index contributed by atoms with van der Waals surface area (Å²) >= 11 is 0. The van der Waals surface area contributed by atoms with Crippen molar-refractivity contribution in [1.29, 1.82) is 0 Å². The third-order valence-corrected chi connectivity index (χ3v) is 1.81. The topological polar surface area (TPSA) is 58.3 Å². The van der Waals surface area contributed by atoms with E-state index in [-0.39, 0.29) is 6.61 Å². The Bertz CT molecular complexity index is 363. The standard InChI is InChI=1S/C11H14N2O/c1-13-6-2-3-9-4-5-11(12)10(7-9)8-14/h4-5,7,13-14H,6,8,12H2,1H3. The van der Waals surface area contributed by atoms with E-state index in [0.717, 1.165) is 11.1 Å². The molecular weight excluding hydrogens is 176 g/mol. The van der Waals surface area contributed by atoms with Crippen molar-refractivity contribution in [1.82, 2.24) is 5.32 Å². The van der Waals surface area contributed by atoms with Crippen LogP contribution in [0.15, 0.2) is 18.2 Å². The van der Waals surface area contributed by atoms with Crippen LogP contribution in [0.4, 0.5) is 5.69 Å². The number of nitrogens with one attached hydrogen (secondary N) is 1. The second-order valence-electron chi connectivity index (χ2n) is 2.90. The number of aliphatic hydroxyl groups excluding tert-OH is 1. The summed E-state index contributed by atoms with van der Waals surface area (Å²) in [5.74, 6) is 5.91. The first-order valence-electron chi connectivity index (χ1n) is 4.40. The summed E-state index contributed by atoms with van der Waals surface area (Å²) in [5.41, 5.74) is 7.83. The average Bonchev–Trinajstić information content (AvgIpc) is 2.21. The molecule has 3 heteroatoms. The highest BCUT2D eigenvalue weighted by atomic mass is 16.3. The van der Waals surface area contributed by atoms with Gasteiger partial charge in [0.1, 0.15) is 0 Å². The summed E-state index contributed by atoms with van der Waals surface area (Å²) in [5, 5.41) is 11.9. The predicted octanol–water partition coefficient (Wildman–Crippen LogP) is 0.332. The van der Waals surface area contributed by atoms with Gasteiger partial charge < -0.3 is 16.2 Å². The minimum atomic E-state index is -0.0482. The highest BCUT2D eigenvalue weighted by molar-refractivity contribution is 5.51. The number of aliphatic hydroxyl groups is 1. The molecule has 0 aliphatic carbocycles. The molecule has 3 nitrogen and oxygen atoms in total. The van der Waals surface area contributed by atoms with E-state index in [1.807, 2.05) is 13.1 Å². The van der Waals surface area contributed by atoms with Gasteiger partial charge in [0, 0.05) is 16.8 Å². The van der Waals surface area contributed by atoms with Crippen molar-refractivity contribution in [3.05, 3.63) is 29.3 Å². The molecule has 0 saturated carbocycles. The van der Waals surface area contributed by atoms with Crippen LogP contribution in [0, 0.1) is 11.8 Å². The van der Waals surface area contributed by atoms with Gasteiger partial charge in [-0.25, -0.2) is 0 Å². The molecule has 0 aliphatic rings. The lowest BCUT2D eigenvalue weighted by Crippen LogP contribution is -2.04. The van der Waals surface area contributed by atoms with Gasteiger partial charge in [-0.15, -0.1) is 0 Å². The van der Waals surface area contributed by atoms with Crippen LogP contribution in [-0.2, 0) is 6.61 Å². The maximum absolute atomic E-state index is 8.97. The van der Waals surface area contributed by atoms with Crippen LogP contribution in [0.5, 0.6) is 0 Å². The van der Waals surface area contributed by atoms with Gasteiger partial charge in [-0.3, -0.25) is 0 Å². The third-order valence-electron chi connectivity index (χ3n) is 1.81. The Morgan fingerprint density at radius 1 is 1.50 bits per heavy atom. The van der Waals surface area contributed by atoms with E-state index in [9.17, 15) is 0 Å². The van der Waals surface area contributed by atoms with Crippen molar-refractivity contribution >= 4 is 5.69 Å². The zero-order valence-electron chi connectivity index (χ0n) is 8.17. The Labute approximate surface area is 83.9 Å². The van der Waals surface area contributed by atoms with Crippen LogP contribution in [0.2, 0.25) is 0 Å². The lowest BCUT2D eigenvalue weighted by molar-refractivity contribution is 0.282. The summed E-state index contributed by atoms with van der Waals surface area (Å²) in [6.07, 6.45) is 0. The van der Waals surface area contributed by atoms with Crippen molar-refractivity contribution in [2.45, 2.75) is 6.61 Å². The molecular formula is C11H14N2O. The molecule has 0 heterocycles. The van der Waals surface area contributed by atoms with E-state index in [1.54, 1.807) is 12.1 Å². The monoisotopic (exact) mass is 190 g/mol. The first kappa shape index (κ1) is 10.6. The predicted molar refractivity (Wildman–Crippen MR) is 57.6 cm³/mol. The molecule has 74 valence electrons. The second-order valence-corrected chi connectivity index (χ2v) is 2.90. The lowest BCUT2D eigenvalue weighted by atomic mass is 10.1. The normalized spacial score (nSPS) is 9.29. The zero-order valence-corrected chi connectivity index (χ0v) is 8.17. The molecule has 0 bridgehead atoms. The highest BCUT2D eigenvalue weighted by Gasteiger charge is 1.97. The van der Waals surface area contributed by atoms with Crippen molar-refractivity contribution < 1.29 is 5.11 Å². The van der Waals surface area contributed by atoms with Crippen molar-refractivity contribution in [3.8, 4) is 11.8 Å². The van der Waals surface area contributed by atoms with Gasteiger partial charge in [-0.1, -0.05) is 11.8 Å². The molecule has 4 N–H and O–H groups in total. The quantitative estimate of drug-likeness (QED) is 0.465. The summed E-state index contributed by atoms with van der Waals surface area (Å²) in [4.78, 5) is 0. The van der Waals surface area contributed by atoms with E-state index in [0.29, 0.717) is 12.2 Å². The second kappa shape index (κ2) is 5.28. The van der Waals surface area contributed by atoms with E-state index >= 15 is 0 Å². The molecule has 0 saturated heterocycles. The fraction of sp³-hybridized carbons (Fsp3) is 0.273. The SMILES string of the molecule is CNCC#Cc1ccc(N)c(CO)c1. The molecule has 1 aromatic rings. The lowest BCUT2D eigenvalue weighted by Gasteiger charge is -2.01. The first-order valence-corrected chi connectivity index (χ1v) is 4.40. The van der Waals surface area contributed by atoms with Crippen LogP contribution >= 0.6 is 0 Å². The highest BCUT2D eigenvalue weighted by Crippen LogP contribution is 2.13. The molecule has 14 heavy (non-hydrogen) atoms. The number of nitrogen functional groups attached to an aromatic ring is 1. The van der Waals surface area contributed by atoms with E-state index in [2.05, 4.69) is 17.2 Å². The molecule has 1 aromatic carbocycles. The van der Waals surface area contributed by atoms with Crippen LogP contribution in [0.25, 0.3) is 0 Å². The minimum Gasteiger partial charge on any atom is -0.398 e. The van der Waals surface area contributed by atoms with E-state index in [4.69, 9.17) is 10.8 Å². The Hall–Kier alpha value is -1.50. The fourth-order valence-electron chi connectivity index (χ4n) is 1.06. The van der Waals surface area contributed by atoms with Crippen LogP contribution in [0.1, 0.15) is 11.1 Å². The molecule has 0 amide bonds. The number of rotatable bonds is 2. The zero-order chi connectivity index (χ0) is 10.4. The van der Waals surface area contributed by atoms with Gasteiger partial charge in [-0.05, 0) is 25.2 Å². The van der Waals surface area contributed by atoms with Crippen LogP contribution < -0.4 is 11.1 Å². The van der Waals surface area contributed by atoms with E-state index < -0.39 is 0 Å². The maximum Gasteiger partial charge on any atom is 0.0702 e. The molecule has 1 rings (SSSR count). The van der Waals surface area contributed by atoms with Gasteiger partial charge in [-0.2, -0.15) is 0 Å². The number of hydrogen-bond acceptors (Lipinski definition) is 3. The summed E-state index contributed by atoms with van der Waals surface area (Å²) in [6.45, 7) is 0.603. The van der Waals surface area contributed by atoms with Gasteiger partial charge in [0.25, 0.3) is 0 Å². The summed E-state index contributed by atoms with van der Waals surface area (Å²) in [6, 6.07) is 5.41. The van der Waals surface area contributed by atoms with Gasteiger partial charge in [0.15, 0.2) is 0 Å². The number of anilines is 1. The molecule has 0 aliphatic heterocycles.